The van der Waals surface area contributed by atoms with Gasteiger partial charge in [0.1, 0.15) is 6.72 Å². The molecule has 0 aromatic heterocycles. The molecule has 0 aliphatic carbocycles. The van der Waals surface area contributed by atoms with Gasteiger partial charge in [0.05, 0.1) is 24.6 Å². The third-order valence-electron chi connectivity index (χ3n) is 4.39. The van der Waals surface area contributed by atoms with Crippen LogP contribution in [0.3, 0.4) is 0 Å². The molecule has 148 valence electrons. The van der Waals surface area contributed by atoms with Crippen LogP contribution < -0.4 is 4.89 Å². The van der Waals surface area contributed by atoms with Gasteiger partial charge in [-0.25, -0.2) is 0 Å². The highest BCUT2D eigenvalue weighted by Gasteiger charge is 2.34. The summed E-state index contributed by atoms with van der Waals surface area (Å²) in [5, 5.41) is 0. The highest BCUT2D eigenvalue weighted by Crippen LogP contribution is 2.61. The molecule has 0 aromatic rings. The summed E-state index contributed by atoms with van der Waals surface area (Å²) < 4.78 is 8.47. The summed E-state index contributed by atoms with van der Waals surface area (Å²) in [5.74, 6) is 0. The number of hydrogen-bond acceptors (Lipinski definition) is 4. The topological polar surface area (TPSA) is 41.5 Å². The van der Waals surface area contributed by atoms with E-state index in [-0.39, 0.29) is 0 Å². The van der Waals surface area contributed by atoms with Crippen molar-refractivity contribution >= 4 is 25.8 Å². The second-order valence-corrected chi connectivity index (χ2v) is 13.9. The molecule has 0 amide bonds. The van der Waals surface area contributed by atoms with E-state index in [1.54, 1.807) is 24.6 Å². The van der Waals surface area contributed by atoms with Crippen LogP contribution in [0.15, 0.2) is 0 Å². The van der Waals surface area contributed by atoms with Gasteiger partial charge in [-0.05, 0) is 25.7 Å². The van der Waals surface area contributed by atoms with Gasteiger partial charge in [0.15, 0.2) is 0 Å². The van der Waals surface area contributed by atoms with E-state index in [9.17, 15) is 4.89 Å². The summed E-state index contributed by atoms with van der Waals surface area (Å²) in [7, 11) is 1.93. The van der Waals surface area contributed by atoms with Crippen LogP contribution >= 0.6 is 14.0 Å². The second kappa shape index (κ2) is 17.4. The fourth-order valence-corrected chi connectivity index (χ4v) is 8.16. The van der Waals surface area contributed by atoms with E-state index in [1.165, 1.54) is 65.6 Å². The molecule has 0 fully saturated rings. The van der Waals surface area contributed by atoms with Gasteiger partial charge in [0.25, 0.3) is 0 Å². The van der Waals surface area contributed by atoms with Crippen LogP contribution in [0.1, 0.15) is 79.1 Å². The van der Waals surface area contributed by atoms with Gasteiger partial charge in [-0.3, -0.25) is 0 Å². The molecule has 0 aromatic carbocycles. The fourth-order valence-electron chi connectivity index (χ4n) is 2.72. The summed E-state index contributed by atoms with van der Waals surface area (Å²) in [4.78, 5) is 10.3. The summed E-state index contributed by atoms with van der Waals surface area (Å²) in [5.41, 5.74) is 0. The maximum atomic E-state index is 10.3. The van der Waals surface area contributed by atoms with E-state index in [0.717, 1.165) is 0 Å². The maximum absolute atomic E-state index is 10.3. The lowest BCUT2D eigenvalue weighted by Crippen LogP contribution is -2.12. The summed E-state index contributed by atoms with van der Waals surface area (Å²) in [6, 6.07) is 0. The van der Waals surface area contributed by atoms with Crippen LogP contribution in [0.25, 0.3) is 0 Å². The van der Waals surface area contributed by atoms with Crippen molar-refractivity contribution in [3.8, 4) is 0 Å². The zero-order chi connectivity index (χ0) is 18.9. The minimum absolute atomic E-state index is 0.562. The minimum Gasteiger partial charge on any atom is -0.780 e. The summed E-state index contributed by atoms with van der Waals surface area (Å²) in [6.07, 6.45) is 17.9. The second-order valence-electron chi connectivity index (χ2n) is 6.46. The lowest BCUT2D eigenvalue weighted by atomic mass is 10.4. The van der Waals surface area contributed by atoms with Crippen molar-refractivity contribution in [3.63, 3.8) is 0 Å². The van der Waals surface area contributed by atoms with Crippen LogP contribution in [0, 0.1) is 0 Å². The molecule has 24 heavy (non-hydrogen) atoms. The van der Waals surface area contributed by atoms with E-state index in [4.69, 9.17) is 0 Å². The van der Waals surface area contributed by atoms with Crippen molar-refractivity contribution in [1.29, 1.82) is 0 Å². The minimum atomic E-state index is -3.07. The smallest absolute Gasteiger partial charge is 0.114 e. The molecule has 0 spiro atoms. The van der Waals surface area contributed by atoms with Crippen LogP contribution in [-0.2, 0) is 20.9 Å². The monoisotopic (exact) mass is 400 g/mol. The third-order valence-corrected chi connectivity index (χ3v) is 11.2. The largest absolute Gasteiger partial charge is 0.780 e. The van der Waals surface area contributed by atoms with Crippen molar-refractivity contribution in [1.82, 2.24) is 0 Å². The predicted octanol–water partition coefficient (Wildman–Crippen LogP) is 6.07. The number of rotatable bonds is 14. The first-order chi connectivity index (χ1) is 11.4. The van der Waals surface area contributed by atoms with Gasteiger partial charge >= 0.3 is 0 Å². The molecule has 3 nitrogen and oxygen atoms in total. The van der Waals surface area contributed by atoms with Gasteiger partial charge in [0, 0.05) is 21.5 Å². The van der Waals surface area contributed by atoms with E-state index in [2.05, 4.69) is 48.5 Å². The highest BCUT2D eigenvalue weighted by molar-refractivity contribution is 8.06. The molecule has 0 atom stereocenters. The van der Waals surface area contributed by atoms with Gasteiger partial charge in [-0.2, -0.15) is 0 Å². The Morgan fingerprint density at radius 2 is 0.958 bits per heavy atom. The zero-order valence-corrected chi connectivity index (χ0v) is 19.6. The maximum Gasteiger partial charge on any atom is 0.114 e. The van der Waals surface area contributed by atoms with Crippen molar-refractivity contribution in [2.75, 3.05) is 38.9 Å². The van der Waals surface area contributed by atoms with E-state index >= 15 is 0 Å². The quantitative estimate of drug-likeness (QED) is 0.332. The van der Waals surface area contributed by atoms with Crippen molar-refractivity contribution in [2.24, 2.45) is 0 Å². The van der Waals surface area contributed by atoms with Crippen LogP contribution in [0.2, 0.25) is 0 Å². The molecule has 0 heterocycles. The van der Waals surface area contributed by atoms with Crippen molar-refractivity contribution in [2.45, 2.75) is 79.1 Å². The number of unbranched alkanes of at least 4 members (excludes halogenated alkanes) is 4. The van der Waals surface area contributed by atoms with Gasteiger partial charge in [0.2, 0.25) is 0 Å². The zero-order valence-electron chi connectivity index (χ0n) is 17.0. The lowest BCUT2D eigenvalue weighted by Gasteiger charge is -2.28. The summed E-state index contributed by atoms with van der Waals surface area (Å²) >= 11 is 4.26. The molecule has 0 bridgehead atoms. The Morgan fingerprint density at radius 3 is 1.08 bits per heavy atom. The predicted molar refractivity (Wildman–Crippen MR) is 114 cm³/mol. The van der Waals surface area contributed by atoms with Crippen LogP contribution in [-0.4, -0.2) is 38.9 Å². The van der Waals surface area contributed by atoms with Crippen molar-refractivity contribution in [3.05, 3.63) is 0 Å². The molecule has 0 saturated carbocycles. The fraction of sp³-hybridized carbons (Fsp3) is 1.00. The Morgan fingerprint density at radius 1 is 0.708 bits per heavy atom. The van der Waals surface area contributed by atoms with Gasteiger partial charge < -0.3 is 13.9 Å². The first-order valence-corrected chi connectivity index (χ1v) is 14.7. The van der Waals surface area contributed by atoms with Crippen LogP contribution in [0.5, 0.6) is 0 Å². The first-order valence-electron chi connectivity index (χ1n) is 9.64. The Bertz CT molecular complexity index is 269. The highest BCUT2D eigenvalue weighted by atomic mass is 32.5. The molecular formula is C18H42O3P2S. The Kier molecular flexibility index (Phi) is 19.7. The molecule has 0 radical (unpaired) electrons. The van der Waals surface area contributed by atoms with E-state index in [1.807, 2.05) is 0 Å². The Balaban J connectivity index is 0. The Labute approximate surface area is 157 Å². The van der Waals surface area contributed by atoms with Crippen molar-refractivity contribution < 1.29 is 13.9 Å². The molecule has 0 aliphatic heterocycles. The van der Waals surface area contributed by atoms with Gasteiger partial charge in [-0.15, -0.1) is 0 Å². The van der Waals surface area contributed by atoms with Crippen LogP contribution in [0.4, 0.5) is 0 Å². The average molecular weight is 401 g/mol. The molecule has 0 unspecified atom stereocenters. The molecule has 0 saturated heterocycles. The average Bonchev–Trinajstić information content (AvgIpc) is 2.61. The third kappa shape index (κ3) is 15.2. The molecule has 0 aliphatic rings. The van der Waals surface area contributed by atoms with Gasteiger partial charge in [-0.1, -0.05) is 65.2 Å². The standard InChI is InChI=1S/C16H36P.C2H7O3PS/c1-5-9-13-17(14-10-6-2,15-11-7-3)16-12-8-4;1-4-6(3,7)5-2/h5-16H2,1-4H3;1-2H3,(H,3,7)/q+1;/p-1. The molecular weight excluding hydrogens is 358 g/mol. The van der Waals surface area contributed by atoms with E-state index in [0.29, 0.717) is 0 Å². The summed E-state index contributed by atoms with van der Waals surface area (Å²) in [6.45, 7) is 6.35. The lowest BCUT2D eigenvalue weighted by molar-refractivity contribution is -0.201. The number of hydrogen-bond donors (Lipinski definition) is 0. The Hall–Kier alpha value is 0.960. The SMILES string of the molecule is CCCC[P+](CCCC)(CCCC)CCCC.COP([O-])(=S)OC. The van der Waals surface area contributed by atoms with E-state index < -0.39 is 14.0 Å². The molecule has 6 heteroatoms. The normalized spacial score (nSPS) is 12.0. The first kappa shape index (κ1) is 27.2. The molecule has 0 N–H and O–H groups in total. The molecule has 0 rings (SSSR count).